The van der Waals surface area contributed by atoms with Crippen LogP contribution < -0.4 is 9.62 Å². The summed E-state index contributed by atoms with van der Waals surface area (Å²) in [5.41, 5.74) is 4.99. The van der Waals surface area contributed by atoms with E-state index in [2.05, 4.69) is 5.32 Å². The van der Waals surface area contributed by atoms with E-state index in [-0.39, 0.29) is 18.5 Å². The van der Waals surface area contributed by atoms with E-state index >= 15 is 0 Å². The molecule has 0 saturated carbocycles. The summed E-state index contributed by atoms with van der Waals surface area (Å²) in [5, 5.41) is 3.05. The third-order valence-corrected chi connectivity index (χ3v) is 8.40. The van der Waals surface area contributed by atoms with Gasteiger partial charge in [-0.3, -0.25) is 13.9 Å². The molecule has 0 aromatic heterocycles. The van der Waals surface area contributed by atoms with E-state index in [1.807, 2.05) is 95.3 Å². The molecule has 0 spiro atoms. The van der Waals surface area contributed by atoms with Gasteiger partial charge in [-0.2, -0.15) is 0 Å². The van der Waals surface area contributed by atoms with Gasteiger partial charge < -0.3 is 10.2 Å². The molecule has 0 fully saturated rings. The Balaban J connectivity index is 2.08. The molecule has 8 heteroatoms. The van der Waals surface area contributed by atoms with Gasteiger partial charge in [0.15, 0.2) is 0 Å². The summed E-state index contributed by atoms with van der Waals surface area (Å²) < 4.78 is 27.2. The van der Waals surface area contributed by atoms with Crippen molar-refractivity contribution in [3.05, 3.63) is 101 Å². The first kappa shape index (κ1) is 30.9. The van der Waals surface area contributed by atoms with Crippen molar-refractivity contribution < 1.29 is 18.0 Å². The molecule has 40 heavy (non-hydrogen) atoms. The Morgan fingerprint density at radius 1 is 0.875 bits per heavy atom. The van der Waals surface area contributed by atoms with Gasteiger partial charge in [0.2, 0.25) is 21.8 Å². The van der Waals surface area contributed by atoms with Gasteiger partial charge in [-0.05, 0) is 62.4 Å². The van der Waals surface area contributed by atoms with Crippen LogP contribution in [-0.2, 0) is 32.6 Å². The summed E-state index contributed by atoms with van der Waals surface area (Å²) in [6, 6.07) is 21.8. The normalized spacial score (nSPS) is 12.8. The molecule has 3 aromatic rings. The number of nitrogens with zero attached hydrogens (tertiary/aromatic N) is 2. The van der Waals surface area contributed by atoms with Crippen LogP contribution in [0.25, 0.3) is 0 Å². The van der Waals surface area contributed by atoms with Gasteiger partial charge >= 0.3 is 0 Å². The van der Waals surface area contributed by atoms with E-state index < -0.39 is 28.5 Å². The lowest BCUT2D eigenvalue weighted by Gasteiger charge is -2.34. The minimum absolute atomic E-state index is 0.0791. The topological polar surface area (TPSA) is 86.8 Å². The summed E-state index contributed by atoms with van der Waals surface area (Å²) in [5.74, 6) is -0.719. The molecule has 3 aromatic carbocycles. The van der Waals surface area contributed by atoms with Crippen molar-refractivity contribution in [2.24, 2.45) is 0 Å². The Labute approximate surface area is 239 Å². The minimum Gasteiger partial charge on any atom is -0.352 e. The fourth-order valence-corrected chi connectivity index (χ4v) is 5.39. The first-order chi connectivity index (χ1) is 18.9. The number of benzene rings is 3. The molecule has 1 N–H and O–H groups in total. The number of rotatable bonds is 12. The van der Waals surface area contributed by atoms with E-state index in [1.54, 1.807) is 12.1 Å². The van der Waals surface area contributed by atoms with Crippen LogP contribution in [0.1, 0.15) is 48.1 Å². The standard InChI is InChI=1S/C32H41N3O4S/c1-7-25(4)33-32(37)30(20-27-13-9-8-10-14-27)34(21-28-18-16-23(2)17-19-28)31(36)22-35(40(6,38)39)29-15-11-12-24(3)26(29)5/h8-19,25,30H,7,20-22H2,1-6H3,(H,33,37)/t25-,30+/m0/s1. The smallest absolute Gasteiger partial charge is 0.244 e. The van der Waals surface area contributed by atoms with Crippen molar-refractivity contribution in [2.75, 3.05) is 17.1 Å². The lowest BCUT2D eigenvalue weighted by molar-refractivity contribution is -0.140. The number of hydrogen-bond donors (Lipinski definition) is 1. The Bertz CT molecular complexity index is 1410. The van der Waals surface area contributed by atoms with Crippen molar-refractivity contribution in [3.8, 4) is 0 Å². The molecule has 0 aliphatic carbocycles. The second-order valence-corrected chi connectivity index (χ2v) is 12.4. The van der Waals surface area contributed by atoms with Crippen molar-refractivity contribution in [2.45, 2.75) is 66.1 Å². The maximum absolute atomic E-state index is 14.2. The second-order valence-electron chi connectivity index (χ2n) is 10.5. The van der Waals surface area contributed by atoms with Crippen LogP contribution in [0.4, 0.5) is 5.69 Å². The van der Waals surface area contributed by atoms with Crippen molar-refractivity contribution in [1.82, 2.24) is 10.2 Å². The number of carbonyl (C=O) groups excluding carboxylic acids is 2. The van der Waals surface area contributed by atoms with Crippen molar-refractivity contribution in [1.29, 1.82) is 0 Å². The summed E-state index contributed by atoms with van der Waals surface area (Å²) in [4.78, 5) is 29.4. The molecule has 0 saturated heterocycles. The first-order valence-corrected chi connectivity index (χ1v) is 15.5. The minimum atomic E-state index is -3.81. The molecule has 2 atom stereocenters. The van der Waals surface area contributed by atoms with E-state index in [4.69, 9.17) is 0 Å². The molecule has 0 radical (unpaired) electrons. The fraction of sp³-hybridized carbons (Fsp3) is 0.375. The van der Waals surface area contributed by atoms with Crippen molar-refractivity contribution >= 4 is 27.5 Å². The highest BCUT2D eigenvalue weighted by atomic mass is 32.2. The number of hydrogen-bond acceptors (Lipinski definition) is 4. The molecular weight excluding hydrogens is 522 g/mol. The van der Waals surface area contributed by atoms with Crippen LogP contribution in [0, 0.1) is 20.8 Å². The Hall–Kier alpha value is -3.65. The molecule has 2 amide bonds. The molecule has 7 nitrogen and oxygen atoms in total. The summed E-state index contributed by atoms with van der Waals surface area (Å²) in [6.45, 7) is 9.38. The highest BCUT2D eigenvalue weighted by Gasteiger charge is 2.33. The van der Waals surface area contributed by atoms with E-state index in [9.17, 15) is 18.0 Å². The second kappa shape index (κ2) is 13.6. The van der Waals surface area contributed by atoms with Gasteiger partial charge in [0.1, 0.15) is 12.6 Å². The van der Waals surface area contributed by atoms with Crippen LogP contribution in [0.5, 0.6) is 0 Å². The number of sulfonamides is 1. The molecule has 0 aliphatic rings. The number of carbonyl (C=O) groups is 2. The molecule has 214 valence electrons. The number of aryl methyl sites for hydroxylation is 2. The maximum atomic E-state index is 14.2. The summed E-state index contributed by atoms with van der Waals surface area (Å²) in [7, 11) is -3.81. The van der Waals surface area contributed by atoms with Crippen LogP contribution in [0.3, 0.4) is 0 Å². The zero-order valence-electron chi connectivity index (χ0n) is 24.3. The van der Waals surface area contributed by atoms with Gasteiger partial charge in [0.05, 0.1) is 11.9 Å². The zero-order chi connectivity index (χ0) is 29.4. The number of nitrogens with one attached hydrogen (secondary N) is 1. The van der Waals surface area contributed by atoms with Gasteiger partial charge in [0, 0.05) is 19.0 Å². The molecule has 0 aliphatic heterocycles. The molecular formula is C32H41N3O4S. The third-order valence-electron chi connectivity index (χ3n) is 7.27. The monoisotopic (exact) mass is 563 g/mol. The highest BCUT2D eigenvalue weighted by Crippen LogP contribution is 2.26. The van der Waals surface area contributed by atoms with Gasteiger partial charge in [0.25, 0.3) is 0 Å². The summed E-state index contributed by atoms with van der Waals surface area (Å²) >= 11 is 0. The fourth-order valence-electron chi connectivity index (χ4n) is 4.49. The first-order valence-electron chi connectivity index (χ1n) is 13.6. The Kier molecular flexibility index (Phi) is 10.5. The maximum Gasteiger partial charge on any atom is 0.244 e. The van der Waals surface area contributed by atoms with Crippen molar-refractivity contribution in [3.63, 3.8) is 0 Å². The largest absolute Gasteiger partial charge is 0.352 e. The number of amides is 2. The van der Waals surface area contributed by atoms with Crippen LogP contribution in [0.15, 0.2) is 72.8 Å². The lowest BCUT2D eigenvalue weighted by Crippen LogP contribution is -2.54. The zero-order valence-corrected chi connectivity index (χ0v) is 25.2. The van der Waals surface area contributed by atoms with Crippen LogP contribution in [-0.4, -0.2) is 50.0 Å². The molecule has 0 bridgehead atoms. The van der Waals surface area contributed by atoms with Gasteiger partial charge in [-0.1, -0.05) is 79.2 Å². The SMILES string of the molecule is CC[C@H](C)NC(=O)[C@@H](Cc1ccccc1)N(Cc1ccc(C)cc1)C(=O)CN(c1cccc(C)c1C)S(C)(=O)=O. The Morgan fingerprint density at radius 3 is 2.12 bits per heavy atom. The molecule has 0 heterocycles. The summed E-state index contributed by atoms with van der Waals surface area (Å²) in [6.07, 6.45) is 2.14. The van der Waals surface area contributed by atoms with E-state index in [0.717, 1.165) is 44.8 Å². The van der Waals surface area contributed by atoms with E-state index in [0.29, 0.717) is 12.1 Å². The lowest BCUT2D eigenvalue weighted by atomic mass is 10.0. The van der Waals surface area contributed by atoms with Crippen LogP contribution >= 0.6 is 0 Å². The highest BCUT2D eigenvalue weighted by molar-refractivity contribution is 7.92. The van der Waals surface area contributed by atoms with Gasteiger partial charge in [-0.15, -0.1) is 0 Å². The predicted molar refractivity (Wildman–Crippen MR) is 162 cm³/mol. The third kappa shape index (κ3) is 8.18. The Morgan fingerprint density at radius 2 is 1.52 bits per heavy atom. The average Bonchev–Trinajstić information content (AvgIpc) is 2.91. The quantitative estimate of drug-likeness (QED) is 0.339. The average molecular weight is 564 g/mol. The predicted octanol–water partition coefficient (Wildman–Crippen LogP) is 4.93. The number of anilines is 1. The van der Waals surface area contributed by atoms with E-state index in [1.165, 1.54) is 4.90 Å². The molecule has 0 unspecified atom stereocenters. The van der Waals surface area contributed by atoms with Gasteiger partial charge in [-0.25, -0.2) is 8.42 Å². The van der Waals surface area contributed by atoms with Crippen LogP contribution in [0.2, 0.25) is 0 Å². The molecule has 3 rings (SSSR count).